The summed E-state index contributed by atoms with van der Waals surface area (Å²) in [5.74, 6) is 0.393. The van der Waals surface area contributed by atoms with Crippen LogP contribution in [-0.4, -0.2) is 10.8 Å². The van der Waals surface area contributed by atoms with Crippen molar-refractivity contribution in [2.24, 2.45) is 0 Å². The quantitative estimate of drug-likeness (QED) is 0.693. The van der Waals surface area contributed by atoms with Gasteiger partial charge in [-0.25, -0.2) is 4.98 Å². The summed E-state index contributed by atoms with van der Waals surface area (Å²) >= 11 is 0. The first-order valence-corrected chi connectivity index (χ1v) is 4.34. The minimum Gasteiger partial charge on any atom is -0.384 e. The number of carbonyl (C=O) groups is 1. The Balaban J connectivity index is 2.87. The zero-order chi connectivity index (χ0) is 10.1. The van der Waals surface area contributed by atoms with Gasteiger partial charge in [-0.3, -0.25) is 4.79 Å². The van der Waals surface area contributed by atoms with E-state index >= 15 is 0 Å². The molecule has 0 aliphatic rings. The highest BCUT2D eigenvalue weighted by Gasteiger charge is 2.06. The molecule has 2 rings (SSSR count). The van der Waals surface area contributed by atoms with E-state index in [1.165, 1.54) is 6.92 Å². The van der Waals surface area contributed by atoms with Gasteiger partial charge in [0, 0.05) is 10.9 Å². The van der Waals surface area contributed by atoms with Crippen LogP contribution in [0.15, 0.2) is 30.3 Å². The summed E-state index contributed by atoms with van der Waals surface area (Å²) in [6, 6.07) is 9.09. The Morgan fingerprint density at radius 2 is 2.07 bits per heavy atom. The van der Waals surface area contributed by atoms with Crippen LogP contribution in [0.25, 0.3) is 10.9 Å². The normalized spacial score (nSPS) is 10.4. The van der Waals surface area contributed by atoms with E-state index in [-0.39, 0.29) is 5.78 Å². The van der Waals surface area contributed by atoms with Crippen molar-refractivity contribution in [1.29, 1.82) is 0 Å². The number of benzene rings is 1. The monoisotopic (exact) mass is 186 g/mol. The minimum absolute atomic E-state index is 0.00954. The molecule has 0 saturated heterocycles. The number of para-hydroxylation sites is 1. The van der Waals surface area contributed by atoms with Gasteiger partial charge in [-0.1, -0.05) is 18.2 Å². The maximum Gasteiger partial charge on any atom is 0.160 e. The van der Waals surface area contributed by atoms with Gasteiger partial charge in [-0.2, -0.15) is 0 Å². The van der Waals surface area contributed by atoms with Crippen molar-refractivity contribution < 1.29 is 4.79 Å². The van der Waals surface area contributed by atoms with Gasteiger partial charge in [0.05, 0.1) is 5.52 Å². The molecular formula is C11H10N2O. The molecule has 0 saturated carbocycles. The van der Waals surface area contributed by atoms with Crippen LogP contribution in [0, 0.1) is 0 Å². The topological polar surface area (TPSA) is 56.0 Å². The maximum atomic E-state index is 11.3. The summed E-state index contributed by atoms with van der Waals surface area (Å²) in [6.45, 7) is 1.53. The number of hydrogen-bond donors (Lipinski definition) is 1. The average molecular weight is 186 g/mol. The van der Waals surface area contributed by atoms with E-state index in [0.29, 0.717) is 11.4 Å². The smallest absolute Gasteiger partial charge is 0.160 e. The number of aromatic nitrogens is 1. The summed E-state index contributed by atoms with van der Waals surface area (Å²) in [4.78, 5) is 15.5. The van der Waals surface area contributed by atoms with Crippen LogP contribution < -0.4 is 5.73 Å². The van der Waals surface area contributed by atoms with Crippen LogP contribution in [0.4, 0.5) is 5.82 Å². The molecule has 0 radical (unpaired) electrons. The number of rotatable bonds is 1. The molecule has 0 amide bonds. The number of carbonyl (C=O) groups excluding carboxylic acids is 1. The van der Waals surface area contributed by atoms with E-state index in [4.69, 9.17) is 5.73 Å². The summed E-state index contributed by atoms with van der Waals surface area (Å²) < 4.78 is 0. The fourth-order valence-corrected chi connectivity index (χ4v) is 1.49. The molecule has 0 fully saturated rings. The van der Waals surface area contributed by atoms with Gasteiger partial charge in [0.1, 0.15) is 5.82 Å². The number of ketones is 1. The number of fused-ring (bicyclic) bond motifs is 1. The Morgan fingerprint density at radius 1 is 1.36 bits per heavy atom. The van der Waals surface area contributed by atoms with Gasteiger partial charge >= 0.3 is 0 Å². The van der Waals surface area contributed by atoms with Crippen molar-refractivity contribution in [3.8, 4) is 0 Å². The van der Waals surface area contributed by atoms with Gasteiger partial charge in [-0.05, 0) is 19.1 Å². The van der Waals surface area contributed by atoms with E-state index < -0.39 is 0 Å². The van der Waals surface area contributed by atoms with Gasteiger partial charge in [0.25, 0.3) is 0 Å². The lowest BCUT2D eigenvalue weighted by Crippen LogP contribution is -1.99. The molecular weight excluding hydrogens is 176 g/mol. The molecule has 1 aromatic heterocycles. The lowest BCUT2D eigenvalue weighted by Gasteiger charge is -2.03. The van der Waals surface area contributed by atoms with Crippen molar-refractivity contribution >= 4 is 22.5 Å². The molecule has 0 aliphatic heterocycles. The van der Waals surface area contributed by atoms with Crippen molar-refractivity contribution in [2.75, 3.05) is 5.73 Å². The Bertz CT molecular complexity index is 506. The van der Waals surface area contributed by atoms with Gasteiger partial charge in [0.15, 0.2) is 5.78 Å². The molecule has 0 bridgehead atoms. The van der Waals surface area contributed by atoms with Crippen LogP contribution >= 0.6 is 0 Å². The first kappa shape index (κ1) is 8.69. The summed E-state index contributed by atoms with van der Waals surface area (Å²) in [5.41, 5.74) is 6.99. The fraction of sp³-hybridized carbons (Fsp3) is 0.0909. The van der Waals surface area contributed by atoms with Crippen molar-refractivity contribution in [3.05, 3.63) is 35.9 Å². The standard InChI is InChI=1S/C11H10N2O/c1-7(14)9-6-11(12)13-10-5-3-2-4-8(9)10/h2-6H,1H3,(H2,12,13). The van der Waals surface area contributed by atoms with E-state index in [2.05, 4.69) is 4.98 Å². The van der Waals surface area contributed by atoms with Crippen molar-refractivity contribution in [3.63, 3.8) is 0 Å². The third-order valence-electron chi connectivity index (χ3n) is 2.12. The van der Waals surface area contributed by atoms with Gasteiger partial charge in [0.2, 0.25) is 0 Å². The zero-order valence-corrected chi connectivity index (χ0v) is 7.82. The molecule has 2 N–H and O–H groups in total. The largest absolute Gasteiger partial charge is 0.384 e. The second-order valence-electron chi connectivity index (χ2n) is 3.17. The molecule has 0 aliphatic carbocycles. The molecule has 3 nitrogen and oxygen atoms in total. The molecule has 1 aromatic carbocycles. The minimum atomic E-state index is 0.00954. The highest BCUT2D eigenvalue weighted by Crippen LogP contribution is 2.19. The Labute approximate surface area is 81.6 Å². The van der Waals surface area contributed by atoms with Crippen LogP contribution in [0.3, 0.4) is 0 Å². The lowest BCUT2D eigenvalue weighted by atomic mass is 10.1. The first-order valence-electron chi connectivity index (χ1n) is 4.34. The molecule has 0 unspecified atom stereocenters. The Hall–Kier alpha value is -1.90. The second kappa shape index (κ2) is 3.10. The van der Waals surface area contributed by atoms with Crippen LogP contribution in [0.1, 0.15) is 17.3 Å². The first-order chi connectivity index (χ1) is 6.68. The average Bonchev–Trinajstić information content (AvgIpc) is 2.16. The van der Waals surface area contributed by atoms with Crippen LogP contribution in [0.5, 0.6) is 0 Å². The third-order valence-corrected chi connectivity index (χ3v) is 2.12. The van der Waals surface area contributed by atoms with Crippen molar-refractivity contribution in [2.45, 2.75) is 6.92 Å². The Morgan fingerprint density at radius 3 is 2.79 bits per heavy atom. The molecule has 2 aromatic rings. The predicted octanol–water partition coefficient (Wildman–Crippen LogP) is 2.02. The molecule has 0 atom stereocenters. The van der Waals surface area contributed by atoms with Crippen molar-refractivity contribution in [1.82, 2.24) is 4.98 Å². The highest BCUT2D eigenvalue weighted by molar-refractivity contribution is 6.06. The number of nitrogens with zero attached hydrogens (tertiary/aromatic N) is 1. The maximum absolute atomic E-state index is 11.3. The fourth-order valence-electron chi connectivity index (χ4n) is 1.49. The number of anilines is 1. The number of nitrogen functional groups attached to an aromatic ring is 1. The number of nitrogens with two attached hydrogens (primary N) is 1. The van der Waals surface area contributed by atoms with E-state index in [1.807, 2.05) is 24.3 Å². The van der Waals surface area contributed by atoms with E-state index in [0.717, 1.165) is 10.9 Å². The molecule has 1 heterocycles. The Kier molecular flexibility index (Phi) is 1.93. The third kappa shape index (κ3) is 1.33. The number of Topliss-reactive ketones (excluding diaryl/α,β-unsaturated/α-hetero) is 1. The molecule has 3 heteroatoms. The van der Waals surface area contributed by atoms with Gasteiger partial charge < -0.3 is 5.73 Å². The predicted molar refractivity (Wildman–Crippen MR) is 56.2 cm³/mol. The van der Waals surface area contributed by atoms with Crippen LogP contribution in [0.2, 0.25) is 0 Å². The van der Waals surface area contributed by atoms with Gasteiger partial charge in [-0.15, -0.1) is 0 Å². The molecule has 70 valence electrons. The highest BCUT2D eigenvalue weighted by atomic mass is 16.1. The number of pyridine rings is 1. The second-order valence-corrected chi connectivity index (χ2v) is 3.17. The number of hydrogen-bond acceptors (Lipinski definition) is 3. The lowest BCUT2D eigenvalue weighted by molar-refractivity contribution is 0.101. The molecule has 14 heavy (non-hydrogen) atoms. The molecule has 0 spiro atoms. The summed E-state index contributed by atoms with van der Waals surface area (Å²) in [5, 5.41) is 0.856. The van der Waals surface area contributed by atoms with Crippen LogP contribution in [-0.2, 0) is 0 Å². The summed E-state index contributed by atoms with van der Waals surface area (Å²) in [7, 11) is 0. The summed E-state index contributed by atoms with van der Waals surface area (Å²) in [6.07, 6.45) is 0. The van der Waals surface area contributed by atoms with E-state index in [1.54, 1.807) is 6.07 Å². The SMILES string of the molecule is CC(=O)c1cc(N)nc2ccccc12. The van der Waals surface area contributed by atoms with E-state index in [9.17, 15) is 4.79 Å². The zero-order valence-electron chi connectivity index (χ0n) is 7.82.